The van der Waals surface area contributed by atoms with Crippen molar-refractivity contribution in [1.82, 2.24) is 19.7 Å². The summed E-state index contributed by atoms with van der Waals surface area (Å²) in [5, 5.41) is 4.16. The van der Waals surface area contributed by atoms with E-state index in [4.69, 9.17) is 4.42 Å². The van der Waals surface area contributed by atoms with Crippen molar-refractivity contribution < 1.29 is 9.21 Å². The molecule has 0 aliphatic carbocycles. The Bertz CT molecular complexity index is 561. The second-order valence-corrected chi connectivity index (χ2v) is 4.86. The van der Waals surface area contributed by atoms with E-state index < -0.39 is 0 Å². The zero-order chi connectivity index (χ0) is 13.2. The molecule has 0 unspecified atom stereocenters. The Labute approximate surface area is 111 Å². The summed E-state index contributed by atoms with van der Waals surface area (Å²) in [7, 11) is 0. The monoisotopic (exact) mass is 260 g/mol. The van der Waals surface area contributed by atoms with Crippen LogP contribution in [0.2, 0.25) is 0 Å². The number of furan rings is 1. The first kappa shape index (κ1) is 12.0. The molecule has 0 aromatic carbocycles. The fraction of sp³-hybridized carbons (Fsp3) is 0.462. The van der Waals surface area contributed by atoms with Gasteiger partial charge in [-0.25, -0.2) is 9.67 Å². The minimum atomic E-state index is -0.0349. The molecule has 3 heterocycles. The van der Waals surface area contributed by atoms with Gasteiger partial charge in [-0.3, -0.25) is 4.79 Å². The quantitative estimate of drug-likeness (QED) is 0.823. The van der Waals surface area contributed by atoms with Gasteiger partial charge < -0.3 is 9.32 Å². The van der Waals surface area contributed by atoms with Crippen LogP contribution >= 0.6 is 0 Å². The van der Waals surface area contributed by atoms with Crippen molar-refractivity contribution in [1.29, 1.82) is 0 Å². The third kappa shape index (κ3) is 2.25. The normalized spacial score (nSPS) is 19.6. The molecule has 1 atom stereocenters. The third-order valence-electron chi connectivity index (χ3n) is 3.55. The number of piperidine rings is 1. The summed E-state index contributed by atoms with van der Waals surface area (Å²) < 4.78 is 7.11. The van der Waals surface area contributed by atoms with E-state index in [1.54, 1.807) is 12.6 Å². The van der Waals surface area contributed by atoms with Gasteiger partial charge >= 0.3 is 0 Å². The lowest BCUT2D eigenvalue weighted by atomic mass is 10.1. The lowest BCUT2D eigenvalue weighted by Crippen LogP contribution is -2.40. The van der Waals surface area contributed by atoms with Gasteiger partial charge in [0.2, 0.25) is 0 Å². The van der Waals surface area contributed by atoms with Gasteiger partial charge in [0.05, 0.1) is 12.3 Å². The molecule has 1 saturated heterocycles. The second kappa shape index (κ2) is 4.87. The number of likely N-dealkylation sites (tertiary alicyclic amines) is 1. The van der Waals surface area contributed by atoms with Gasteiger partial charge in [-0.2, -0.15) is 5.10 Å². The Kier molecular flexibility index (Phi) is 3.06. The van der Waals surface area contributed by atoms with Crippen LogP contribution in [0.3, 0.4) is 0 Å². The third-order valence-corrected chi connectivity index (χ3v) is 3.55. The zero-order valence-electron chi connectivity index (χ0n) is 10.8. The van der Waals surface area contributed by atoms with Crippen LogP contribution in [0.15, 0.2) is 29.4 Å². The van der Waals surface area contributed by atoms with Crippen molar-refractivity contribution in [2.45, 2.75) is 25.8 Å². The van der Waals surface area contributed by atoms with Gasteiger partial charge in [-0.15, -0.1) is 0 Å². The summed E-state index contributed by atoms with van der Waals surface area (Å²) in [6, 6.07) is 2.02. The SMILES string of the molecule is Cc1ccoc1C(=O)N1CCC[C@@H](n2cncn2)C1. The number of hydrogen-bond donors (Lipinski definition) is 0. The largest absolute Gasteiger partial charge is 0.459 e. The molecule has 1 amide bonds. The number of nitrogens with zero attached hydrogens (tertiary/aromatic N) is 4. The number of aryl methyl sites for hydroxylation is 1. The smallest absolute Gasteiger partial charge is 0.289 e. The maximum atomic E-state index is 12.4. The maximum Gasteiger partial charge on any atom is 0.289 e. The molecule has 1 fully saturated rings. The van der Waals surface area contributed by atoms with Crippen molar-refractivity contribution >= 4 is 5.91 Å². The van der Waals surface area contributed by atoms with Crippen LogP contribution in [0.25, 0.3) is 0 Å². The molecule has 100 valence electrons. The van der Waals surface area contributed by atoms with E-state index in [-0.39, 0.29) is 11.9 Å². The number of amides is 1. The first-order valence-electron chi connectivity index (χ1n) is 6.43. The number of rotatable bonds is 2. The highest BCUT2D eigenvalue weighted by atomic mass is 16.3. The Morgan fingerprint density at radius 3 is 3.11 bits per heavy atom. The molecule has 2 aromatic rings. The highest BCUT2D eigenvalue weighted by Crippen LogP contribution is 2.22. The number of carbonyl (C=O) groups is 1. The predicted molar refractivity (Wildman–Crippen MR) is 67.6 cm³/mol. The van der Waals surface area contributed by atoms with Gasteiger partial charge in [-0.05, 0) is 25.8 Å². The van der Waals surface area contributed by atoms with Crippen LogP contribution in [-0.4, -0.2) is 38.7 Å². The summed E-state index contributed by atoms with van der Waals surface area (Å²) in [5.41, 5.74) is 0.882. The molecule has 0 bridgehead atoms. The molecule has 0 N–H and O–H groups in total. The van der Waals surface area contributed by atoms with E-state index in [1.165, 1.54) is 6.33 Å². The van der Waals surface area contributed by atoms with Gasteiger partial charge in [0.25, 0.3) is 5.91 Å². The summed E-state index contributed by atoms with van der Waals surface area (Å²) >= 11 is 0. The lowest BCUT2D eigenvalue weighted by Gasteiger charge is -2.32. The highest BCUT2D eigenvalue weighted by Gasteiger charge is 2.28. The Hall–Kier alpha value is -2.11. The maximum absolute atomic E-state index is 12.4. The van der Waals surface area contributed by atoms with Crippen LogP contribution in [0, 0.1) is 6.92 Å². The van der Waals surface area contributed by atoms with E-state index in [1.807, 2.05) is 22.6 Å². The molecule has 3 rings (SSSR count). The van der Waals surface area contributed by atoms with E-state index in [0.29, 0.717) is 12.3 Å². The van der Waals surface area contributed by atoms with Crippen LogP contribution in [-0.2, 0) is 0 Å². The Balaban J connectivity index is 1.75. The molecular formula is C13H16N4O2. The minimum Gasteiger partial charge on any atom is -0.459 e. The molecule has 0 saturated carbocycles. The summed E-state index contributed by atoms with van der Waals surface area (Å²) in [6.07, 6.45) is 6.77. The van der Waals surface area contributed by atoms with Crippen molar-refractivity contribution in [3.05, 3.63) is 36.3 Å². The summed E-state index contributed by atoms with van der Waals surface area (Å²) in [4.78, 5) is 18.2. The fourth-order valence-electron chi connectivity index (χ4n) is 2.50. The van der Waals surface area contributed by atoms with E-state index in [9.17, 15) is 4.79 Å². The molecule has 1 aliphatic heterocycles. The first-order valence-corrected chi connectivity index (χ1v) is 6.43. The number of aromatic nitrogens is 3. The average molecular weight is 260 g/mol. The van der Waals surface area contributed by atoms with E-state index >= 15 is 0 Å². The van der Waals surface area contributed by atoms with Crippen LogP contribution in [0.5, 0.6) is 0 Å². The van der Waals surface area contributed by atoms with Crippen molar-refractivity contribution in [3.63, 3.8) is 0 Å². The van der Waals surface area contributed by atoms with Gasteiger partial charge in [0, 0.05) is 18.7 Å². The predicted octanol–water partition coefficient (Wildman–Crippen LogP) is 1.66. The summed E-state index contributed by atoms with van der Waals surface area (Å²) in [6.45, 7) is 3.31. The van der Waals surface area contributed by atoms with E-state index in [0.717, 1.165) is 24.9 Å². The molecule has 2 aromatic heterocycles. The average Bonchev–Trinajstić information content (AvgIpc) is 3.09. The number of hydrogen-bond acceptors (Lipinski definition) is 4. The second-order valence-electron chi connectivity index (χ2n) is 4.86. The van der Waals surface area contributed by atoms with Crippen molar-refractivity contribution in [3.8, 4) is 0 Å². The van der Waals surface area contributed by atoms with Gasteiger partial charge in [0.15, 0.2) is 5.76 Å². The molecule has 0 spiro atoms. The molecular weight excluding hydrogens is 244 g/mol. The standard InChI is InChI=1S/C13H16N4O2/c1-10-4-6-19-12(10)13(18)16-5-2-3-11(7-16)17-9-14-8-15-17/h4,6,8-9,11H,2-3,5,7H2,1H3/t11-/m1/s1. The molecule has 0 radical (unpaired) electrons. The van der Waals surface area contributed by atoms with Gasteiger partial charge in [-0.1, -0.05) is 0 Å². The fourth-order valence-corrected chi connectivity index (χ4v) is 2.50. The molecule has 1 aliphatic rings. The number of carbonyl (C=O) groups excluding carboxylic acids is 1. The lowest BCUT2D eigenvalue weighted by molar-refractivity contribution is 0.0640. The highest BCUT2D eigenvalue weighted by molar-refractivity contribution is 5.92. The van der Waals surface area contributed by atoms with Crippen LogP contribution in [0.4, 0.5) is 0 Å². The first-order chi connectivity index (χ1) is 9.25. The topological polar surface area (TPSA) is 64.2 Å². The Morgan fingerprint density at radius 1 is 1.53 bits per heavy atom. The van der Waals surface area contributed by atoms with Crippen molar-refractivity contribution in [2.75, 3.05) is 13.1 Å². The van der Waals surface area contributed by atoms with Crippen molar-refractivity contribution in [2.24, 2.45) is 0 Å². The van der Waals surface area contributed by atoms with Crippen LogP contribution in [0.1, 0.15) is 35.0 Å². The molecule has 19 heavy (non-hydrogen) atoms. The molecule has 6 heteroatoms. The van der Waals surface area contributed by atoms with Gasteiger partial charge in [0.1, 0.15) is 12.7 Å². The van der Waals surface area contributed by atoms with Crippen LogP contribution < -0.4 is 0 Å². The molecule has 6 nitrogen and oxygen atoms in total. The van der Waals surface area contributed by atoms with E-state index in [2.05, 4.69) is 10.1 Å². The summed E-state index contributed by atoms with van der Waals surface area (Å²) in [5.74, 6) is 0.409. The zero-order valence-corrected chi connectivity index (χ0v) is 10.8. The Morgan fingerprint density at radius 2 is 2.42 bits per heavy atom. The minimum absolute atomic E-state index is 0.0349.